The van der Waals surface area contributed by atoms with Crippen molar-refractivity contribution in [2.24, 2.45) is 29.6 Å². The number of hydrogen-bond donors (Lipinski definition) is 10. The minimum absolute atomic E-state index is 0. The van der Waals surface area contributed by atoms with E-state index in [0.717, 1.165) is 0 Å². The van der Waals surface area contributed by atoms with Gasteiger partial charge in [0.15, 0.2) is 29.6 Å². The first kappa shape index (κ1) is 75.8. The van der Waals surface area contributed by atoms with Crippen molar-refractivity contribution >= 4 is 147 Å². The van der Waals surface area contributed by atoms with Crippen molar-refractivity contribution in [3.63, 3.8) is 0 Å². The van der Waals surface area contributed by atoms with Gasteiger partial charge in [0.2, 0.25) is 0 Å². The normalized spacial score (nSPS) is 11.0. The third-order valence-electron chi connectivity index (χ3n) is 6.32. The number of ketones is 10. The first-order valence-corrected chi connectivity index (χ1v) is 16.0. The van der Waals surface area contributed by atoms with Crippen LogP contribution >= 0.6 is 0 Å². The monoisotopic (exact) mass is 1150 g/mol. The van der Waals surface area contributed by atoms with Gasteiger partial charge in [-0.2, -0.15) is 0 Å². The molecule has 0 fully saturated rings. The van der Waals surface area contributed by atoms with Crippen molar-refractivity contribution in [3.8, 4) is 0 Å². The third kappa shape index (κ3) is 24.3. The molecule has 10 N–H and O–H groups in total. The van der Waals surface area contributed by atoms with Crippen molar-refractivity contribution in [2.75, 3.05) is 0 Å². The number of carboxylic acids is 15. The molecule has 76 heavy (non-hydrogen) atoms. The van der Waals surface area contributed by atoms with Gasteiger partial charge in [-0.05, 0) is 0 Å². The molecule has 0 radical (unpaired) electrons. The van der Waals surface area contributed by atoms with Crippen LogP contribution in [-0.2, 0) is 137 Å². The number of carboxylic acid groups (broad SMARTS) is 15. The molecular weight excluding hydrogens is 1130 g/mol. The van der Waals surface area contributed by atoms with Gasteiger partial charge in [0, 0.05) is 0 Å². The molecule has 0 aliphatic rings. The molecule has 0 amide bonds. The second-order valence-corrected chi connectivity index (χ2v) is 10.9. The topological polar surface area (TPSA) is 831 Å². The van der Waals surface area contributed by atoms with Crippen molar-refractivity contribution in [1.29, 1.82) is 0 Å². The van der Waals surface area contributed by atoms with Crippen LogP contribution in [0.4, 0.5) is 0 Å². The molecule has 0 bridgehead atoms. The van der Waals surface area contributed by atoms with Crippen molar-refractivity contribution in [2.45, 2.75) is 0 Å². The van der Waals surface area contributed by atoms with Crippen LogP contribution in [0, 0.1) is 29.6 Å². The Kier molecular flexibility index (Phi) is 35.4. The van der Waals surface area contributed by atoms with Crippen LogP contribution in [0.15, 0.2) is 0 Å². The second-order valence-electron chi connectivity index (χ2n) is 10.9. The summed E-state index contributed by atoms with van der Waals surface area (Å²) in [7, 11) is 0. The average Bonchev–Trinajstić information content (AvgIpc) is 3.33. The van der Waals surface area contributed by atoms with Gasteiger partial charge < -0.3 is 100 Å². The Bertz CT molecular complexity index is 2040. The number of rotatable bonds is 25. The van der Waals surface area contributed by atoms with Gasteiger partial charge in [-0.1, -0.05) is 0 Å². The van der Waals surface area contributed by atoms with Gasteiger partial charge in [0.1, 0.15) is 0 Å². The zero-order valence-corrected chi connectivity index (χ0v) is 36.0. The molecule has 45 nitrogen and oxygen atoms in total. The molecule has 0 rings (SSSR count). The number of hydrogen-bond acceptors (Lipinski definition) is 30. The maximum absolute atomic E-state index is 10.7. The molecule has 0 aromatic carbocycles. The summed E-state index contributed by atoms with van der Waals surface area (Å²) >= 11 is 0. The third-order valence-corrected chi connectivity index (χ3v) is 6.32. The molecule has 0 atom stereocenters. The largest absolute Gasteiger partial charge is 5.00 e. The minimum atomic E-state index is -2.77. The molecule has 0 unspecified atom stereocenters. The van der Waals surface area contributed by atoms with Gasteiger partial charge in [0.25, 0.3) is 57.8 Å². The molecule has 46 heteroatoms. The fraction of sp³-hybridized carbons (Fsp3) is 0.167. The zero-order chi connectivity index (χ0) is 60.9. The number of carbonyl (C=O) groups is 20. The van der Waals surface area contributed by atoms with Crippen LogP contribution in [0.5, 0.6) is 0 Å². The van der Waals surface area contributed by atoms with Crippen molar-refractivity contribution in [3.05, 3.63) is 0 Å². The molecule has 0 heterocycles. The summed E-state index contributed by atoms with van der Waals surface area (Å²) in [4.78, 5) is 207. The minimum Gasteiger partial charge on any atom is -0.719 e. The molecule has 0 saturated heterocycles. The smallest absolute Gasteiger partial charge is 0.719 e. The standard InChI is InChI=1S/5C6H4O9.V/c5*7-2(4(9)10)1(6(13)15-14)3(8)5(11)12;/h5*1,13H,(H,9,10)(H,11,12);/q;;;;;+5/p-5. The van der Waals surface area contributed by atoms with E-state index in [0.29, 0.717) is 0 Å². The summed E-state index contributed by atoms with van der Waals surface area (Å²) in [5.41, 5.74) is 0. The first-order valence-electron chi connectivity index (χ1n) is 16.0. The molecule has 0 aromatic heterocycles. The maximum Gasteiger partial charge on any atom is 5.00 e. The fourth-order valence-corrected chi connectivity index (χ4v) is 3.14. The Hall–Kier alpha value is -11.7. The Labute approximate surface area is 417 Å². The molecule has 410 valence electrons. The van der Waals surface area contributed by atoms with E-state index in [-0.39, 0.29) is 18.6 Å². The maximum atomic E-state index is 10.7. The van der Waals surface area contributed by atoms with Gasteiger partial charge in [-0.3, -0.25) is 73.5 Å². The summed E-state index contributed by atoms with van der Waals surface area (Å²) in [6.45, 7) is 0. The van der Waals surface area contributed by atoms with Crippen LogP contribution in [0.25, 0.3) is 0 Å². The molecule has 0 saturated carbocycles. The summed E-state index contributed by atoms with van der Waals surface area (Å²) in [5.74, 6) is -66.8. The summed E-state index contributed by atoms with van der Waals surface area (Å²) in [5, 5.41) is 182. The van der Waals surface area contributed by atoms with Crippen LogP contribution in [0.2, 0.25) is 0 Å². The van der Waals surface area contributed by atoms with E-state index in [1.54, 1.807) is 0 Å². The van der Waals surface area contributed by atoms with Gasteiger partial charge >= 0.3 is 108 Å². The Morgan fingerprint density at radius 2 is 0.276 bits per heavy atom. The van der Waals surface area contributed by atoms with Gasteiger partial charge in [-0.25, -0.2) is 47.9 Å². The van der Waals surface area contributed by atoms with E-state index in [2.05, 4.69) is 22.9 Å². The number of carbonyl (C=O) groups excluding carboxylic acids is 15. The average molecular weight is 1150 g/mol. The zero-order valence-electron chi connectivity index (χ0n) is 34.6. The van der Waals surface area contributed by atoms with Crippen LogP contribution in [-0.4, -0.2) is 198 Å². The van der Waals surface area contributed by atoms with E-state index >= 15 is 0 Å². The number of aliphatic carboxylic acids is 15. The van der Waals surface area contributed by atoms with Crippen molar-refractivity contribution < 1.29 is 240 Å². The Balaban J connectivity index is -0.000000201. The molecular formula is C30H15O45V. The van der Waals surface area contributed by atoms with E-state index in [1.165, 1.54) is 0 Å². The van der Waals surface area contributed by atoms with E-state index in [1.807, 2.05) is 0 Å². The molecule has 0 aliphatic carbocycles. The number of Topliss-reactive ketones (excluding diaryl/α,β-unsaturated/α-hetero) is 10. The van der Waals surface area contributed by atoms with Crippen LogP contribution in [0.1, 0.15) is 0 Å². The Morgan fingerprint density at radius 3 is 0.316 bits per heavy atom. The summed E-state index contributed by atoms with van der Waals surface area (Å²) in [6.07, 6.45) is 0. The van der Waals surface area contributed by atoms with E-state index in [4.69, 9.17) is 51.1 Å². The molecule has 0 spiro atoms. The predicted molar refractivity (Wildman–Crippen MR) is 169 cm³/mol. The molecule has 0 aromatic rings. The van der Waals surface area contributed by atoms with E-state index in [9.17, 15) is 148 Å². The second kappa shape index (κ2) is 35.4. The van der Waals surface area contributed by atoms with Crippen LogP contribution < -0.4 is 51.8 Å². The predicted octanol–water partition coefficient (Wildman–Crippen LogP) is -22.6. The van der Waals surface area contributed by atoms with Crippen LogP contribution in [0.3, 0.4) is 0 Å². The molecule has 0 aliphatic heterocycles. The SMILES string of the molecule is O=C(O)C(=O)C(C(=O)C(=O)O)C([O-])=[O+][O-].O=C(O)C(=O)C(C(=O)C(=O)O)C([O-])=[O+][O-].O=C(O)C(=O)C(C(=O)C(=O)O)C([O-])=[O+][O-].O=C(O)C(=O)C(C(=O)C(=O)O)C([O-])=[O+][O-].O=C(O)C(=O)C(C(=O)C(=O)O)C([O-])=[O+][O-].[V+5]. The fourth-order valence-electron chi connectivity index (χ4n) is 3.14. The summed E-state index contributed by atoms with van der Waals surface area (Å²) in [6, 6.07) is 0. The van der Waals surface area contributed by atoms with E-state index < -0.39 is 177 Å². The van der Waals surface area contributed by atoms with Crippen molar-refractivity contribution in [1.82, 2.24) is 0 Å². The quantitative estimate of drug-likeness (QED) is 0.0133. The van der Waals surface area contributed by atoms with Gasteiger partial charge in [-0.15, -0.1) is 0 Å². The first-order chi connectivity index (χ1) is 34.1. The van der Waals surface area contributed by atoms with Gasteiger partial charge in [0.05, 0.1) is 0 Å². The Morgan fingerprint density at radius 1 is 0.211 bits per heavy atom. The summed E-state index contributed by atoms with van der Waals surface area (Å²) < 4.78 is 13.5.